The number of hydrogen-bond donors (Lipinski definition) is 4. The molecule has 1 saturated heterocycles. The van der Waals surface area contributed by atoms with Crippen molar-refractivity contribution in [2.75, 3.05) is 18.5 Å². The van der Waals surface area contributed by atoms with Crippen LogP contribution in [0.5, 0.6) is 0 Å². The van der Waals surface area contributed by atoms with Crippen LogP contribution >= 0.6 is 22.9 Å². The molecule has 180 valence electrons. The number of hydrogen-bond acceptors (Lipinski definition) is 10. The summed E-state index contributed by atoms with van der Waals surface area (Å²) < 4.78 is 7.11. The molecule has 1 fully saturated rings. The third-order valence-corrected chi connectivity index (χ3v) is 6.41. The highest BCUT2D eigenvalue weighted by molar-refractivity contribution is 7.10. The molecule has 4 heterocycles. The van der Waals surface area contributed by atoms with Gasteiger partial charge in [0.1, 0.15) is 30.4 Å². The maximum atomic E-state index is 10.3. The highest BCUT2D eigenvalue weighted by Crippen LogP contribution is 2.32. The maximum Gasteiger partial charge on any atom is 0.167 e. The van der Waals surface area contributed by atoms with Crippen molar-refractivity contribution in [1.82, 2.24) is 19.5 Å². The van der Waals surface area contributed by atoms with Gasteiger partial charge in [0, 0.05) is 11.4 Å². The number of ketones is 1. The fraction of sp³-hybridized carbons (Fsp3) is 0.524. The van der Waals surface area contributed by atoms with Crippen molar-refractivity contribution in [3.8, 4) is 0 Å². The number of aryl methyl sites for hydroxylation is 1. The van der Waals surface area contributed by atoms with Gasteiger partial charge in [0.05, 0.1) is 18.0 Å². The highest BCUT2D eigenvalue weighted by Gasteiger charge is 2.44. The molecule has 0 spiro atoms. The van der Waals surface area contributed by atoms with E-state index in [2.05, 4.69) is 20.3 Å². The van der Waals surface area contributed by atoms with Gasteiger partial charge < -0.3 is 30.2 Å². The zero-order chi connectivity index (χ0) is 24.0. The molecule has 4 rings (SSSR count). The lowest BCUT2D eigenvalue weighted by Crippen LogP contribution is -2.33. The molecule has 0 aliphatic carbocycles. The molecule has 0 bridgehead atoms. The monoisotopic (exact) mass is 497 g/mol. The van der Waals surface area contributed by atoms with Crippen molar-refractivity contribution >= 4 is 45.7 Å². The van der Waals surface area contributed by atoms with E-state index in [1.165, 1.54) is 31.4 Å². The Morgan fingerprint density at radius 2 is 2.00 bits per heavy atom. The lowest BCUT2D eigenvalue weighted by atomic mass is 10.1. The molecule has 3 aromatic rings. The number of imidazole rings is 1. The Morgan fingerprint density at radius 1 is 1.24 bits per heavy atom. The van der Waals surface area contributed by atoms with Crippen LogP contribution in [-0.2, 0) is 16.0 Å². The second-order valence-corrected chi connectivity index (χ2v) is 9.17. The number of halogens is 1. The first-order valence-electron chi connectivity index (χ1n) is 10.6. The van der Waals surface area contributed by atoms with Crippen LogP contribution in [0.15, 0.2) is 24.1 Å². The van der Waals surface area contributed by atoms with Gasteiger partial charge >= 0.3 is 0 Å². The Kier molecular flexibility index (Phi) is 9.12. The summed E-state index contributed by atoms with van der Waals surface area (Å²) in [4.78, 5) is 23.5. The number of ether oxygens (including phenoxy) is 1. The van der Waals surface area contributed by atoms with E-state index in [1.54, 1.807) is 15.9 Å². The normalized spacial score (nSPS) is 22.2. The van der Waals surface area contributed by atoms with Crippen molar-refractivity contribution in [2.45, 2.75) is 57.6 Å². The summed E-state index contributed by atoms with van der Waals surface area (Å²) in [7, 11) is 0. The average Bonchev–Trinajstić information content (AvgIpc) is 3.46. The number of carbonyl (C=O) groups is 1. The van der Waals surface area contributed by atoms with E-state index in [0.717, 1.165) is 30.8 Å². The molecule has 1 unspecified atom stereocenters. The lowest BCUT2D eigenvalue weighted by Gasteiger charge is -2.16. The summed E-state index contributed by atoms with van der Waals surface area (Å²) in [5, 5.41) is 35.6. The molecule has 0 amide bonds. The molecule has 12 heteroatoms. The predicted molar refractivity (Wildman–Crippen MR) is 125 cm³/mol. The Hall–Kier alpha value is -2.15. The van der Waals surface area contributed by atoms with Gasteiger partial charge in [0.25, 0.3) is 0 Å². The van der Waals surface area contributed by atoms with E-state index < -0.39 is 24.5 Å². The zero-order valence-electron chi connectivity index (χ0n) is 18.4. The molecule has 33 heavy (non-hydrogen) atoms. The first-order valence-corrected chi connectivity index (χ1v) is 11.8. The van der Waals surface area contributed by atoms with Crippen LogP contribution in [0.4, 0.5) is 5.82 Å². The Morgan fingerprint density at radius 3 is 2.64 bits per heavy atom. The largest absolute Gasteiger partial charge is 0.394 e. The van der Waals surface area contributed by atoms with Gasteiger partial charge in [0.2, 0.25) is 0 Å². The molecular weight excluding hydrogens is 470 g/mol. The Balaban J connectivity index is 0.000000709. The molecule has 1 aliphatic rings. The van der Waals surface area contributed by atoms with Crippen LogP contribution in [-0.4, -0.2) is 72.1 Å². The van der Waals surface area contributed by atoms with Gasteiger partial charge in [-0.15, -0.1) is 11.3 Å². The van der Waals surface area contributed by atoms with Gasteiger partial charge in [-0.1, -0.05) is 11.6 Å². The van der Waals surface area contributed by atoms with Crippen molar-refractivity contribution in [1.29, 1.82) is 0 Å². The third kappa shape index (κ3) is 6.25. The van der Waals surface area contributed by atoms with E-state index in [1.807, 2.05) is 11.4 Å². The minimum atomic E-state index is -1.19. The molecule has 0 aromatic carbocycles. The number of carbonyl (C=O) groups excluding carboxylic acids is 1. The number of aromatic nitrogens is 4. The van der Waals surface area contributed by atoms with Crippen molar-refractivity contribution < 1.29 is 24.9 Å². The lowest BCUT2D eigenvalue weighted by molar-refractivity contribution is -0.114. The van der Waals surface area contributed by atoms with Crippen LogP contribution in [0.1, 0.15) is 37.8 Å². The van der Waals surface area contributed by atoms with Crippen molar-refractivity contribution in [3.05, 3.63) is 34.0 Å². The van der Waals surface area contributed by atoms with E-state index >= 15 is 0 Å². The number of anilines is 1. The molecule has 10 nitrogen and oxygen atoms in total. The summed E-state index contributed by atoms with van der Waals surface area (Å²) in [5.74, 6) is 0.759. The van der Waals surface area contributed by atoms with Crippen LogP contribution < -0.4 is 5.32 Å². The van der Waals surface area contributed by atoms with Crippen LogP contribution in [0.25, 0.3) is 11.2 Å². The molecule has 4 N–H and O–H groups in total. The van der Waals surface area contributed by atoms with Crippen LogP contribution in [0, 0.1) is 0 Å². The first-order chi connectivity index (χ1) is 15.8. The minimum absolute atomic E-state index is 0.167. The van der Waals surface area contributed by atoms with Gasteiger partial charge in [-0.25, -0.2) is 15.0 Å². The number of nitrogens with one attached hydrogen (secondary N) is 1. The molecule has 3 aromatic heterocycles. The Bertz CT molecular complexity index is 1060. The zero-order valence-corrected chi connectivity index (χ0v) is 20.0. The number of nitrogens with zero attached hydrogens (tertiary/aromatic N) is 4. The number of unbranched alkanes of at least 4 members (excludes halogenated alkanes) is 1. The number of aliphatic hydroxyl groups excluding tert-OH is 3. The second kappa shape index (κ2) is 11.8. The van der Waals surface area contributed by atoms with E-state index in [9.17, 15) is 20.1 Å². The third-order valence-electron chi connectivity index (χ3n) is 4.96. The van der Waals surface area contributed by atoms with Crippen LogP contribution in [0.2, 0.25) is 5.02 Å². The fourth-order valence-electron chi connectivity index (χ4n) is 3.40. The average molecular weight is 498 g/mol. The molecular formula is C21H28ClN5O5S. The smallest absolute Gasteiger partial charge is 0.167 e. The SMILES string of the molecule is CC(C)=O.OCC1O[C@@H](n2cnc3c(NCCCCc4sccc4Cl)ncnc32)[C@H](O)[C@@H]1O. The topological polar surface area (TPSA) is 143 Å². The van der Waals surface area contributed by atoms with Gasteiger partial charge in [0.15, 0.2) is 23.2 Å². The minimum Gasteiger partial charge on any atom is -0.394 e. The number of Topliss-reactive ketones (excluding diaryl/α,β-unsaturated/α-hetero) is 1. The van der Waals surface area contributed by atoms with Crippen molar-refractivity contribution in [3.63, 3.8) is 0 Å². The molecule has 0 saturated carbocycles. The fourth-order valence-corrected chi connectivity index (χ4v) is 4.58. The first kappa shape index (κ1) is 25.5. The van der Waals surface area contributed by atoms with Crippen molar-refractivity contribution in [2.24, 2.45) is 0 Å². The van der Waals surface area contributed by atoms with Gasteiger partial charge in [-0.3, -0.25) is 4.57 Å². The predicted octanol–water partition coefficient (Wildman–Crippen LogP) is 2.18. The second-order valence-electron chi connectivity index (χ2n) is 7.76. The highest BCUT2D eigenvalue weighted by atomic mass is 35.5. The quantitative estimate of drug-likeness (QED) is 0.344. The standard InChI is InChI=1S/C18H22ClN5O4S.C3H6O/c19-10-4-6-29-12(10)3-1-2-5-20-16-13-17(22-8-21-16)24(9-23-13)18-15(27)14(26)11(7-25)28-18;1-3(2)4/h4,6,8-9,11,14-15,18,25-27H,1-3,5,7H2,(H,20,21,22);1-2H3/t11?,14-,15-,18-;/m1./s1. The van der Waals surface area contributed by atoms with Gasteiger partial charge in [-0.05, 0) is 44.6 Å². The summed E-state index contributed by atoms with van der Waals surface area (Å²) in [6.45, 7) is 3.38. The summed E-state index contributed by atoms with van der Waals surface area (Å²) in [5.41, 5.74) is 1.02. The van der Waals surface area contributed by atoms with E-state index in [0.29, 0.717) is 17.0 Å². The molecule has 4 atom stereocenters. The Labute approximate surface area is 200 Å². The number of fused-ring (bicyclic) bond motifs is 1. The van der Waals surface area contributed by atoms with E-state index in [4.69, 9.17) is 16.3 Å². The van der Waals surface area contributed by atoms with Crippen LogP contribution in [0.3, 0.4) is 0 Å². The number of aliphatic hydroxyl groups is 3. The molecule has 0 radical (unpaired) electrons. The summed E-state index contributed by atoms with van der Waals surface area (Å²) >= 11 is 7.79. The van der Waals surface area contributed by atoms with E-state index in [-0.39, 0.29) is 12.4 Å². The summed E-state index contributed by atoms with van der Waals surface area (Å²) in [6, 6.07) is 1.92. The molecule has 1 aliphatic heterocycles. The number of rotatable bonds is 8. The number of thiophene rings is 1. The maximum absolute atomic E-state index is 10.3. The van der Waals surface area contributed by atoms with Gasteiger partial charge in [-0.2, -0.15) is 0 Å². The summed E-state index contributed by atoms with van der Waals surface area (Å²) in [6.07, 6.45) is 1.66.